The van der Waals surface area contributed by atoms with E-state index in [1.165, 1.54) is 12.1 Å². The molecule has 0 aliphatic rings. The maximum atomic E-state index is 11.5. The van der Waals surface area contributed by atoms with E-state index in [-0.39, 0.29) is 22.4 Å². The highest BCUT2D eigenvalue weighted by molar-refractivity contribution is 6.37. The maximum absolute atomic E-state index is 11.5. The third kappa shape index (κ3) is 2.80. The van der Waals surface area contributed by atoms with Crippen molar-refractivity contribution in [2.24, 2.45) is 0 Å². The van der Waals surface area contributed by atoms with Crippen LogP contribution in [-0.2, 0) is 0 Å². The highest BCUT2D eigenvalue weighted by Gasteiger charge is 2.18. The standard InChI is InChI=1S/C11H10Cl2N4O2/c1-2-15-10(18)9-16-11(19-17-9)6-3-5(12)4-7(13)8(6)14/h3-4H,2,14H2,1H3,(H,15,18). The molecular formula is C11H10Cl2N4O2. The minimum atomic E-state index is -0.427. The Hall–Kier alpha value is -1.79. The molecule has 1 amide bonds. The lowest BCUT2D eigenvalue weighted by Gasteiger charge is -2.03. The van der Waals surface area contributed by atoms with Gasteiger partial charge >= 0.3 is 0 Å². The number of nitrogens with one attached hydrogen (secondary N) is 1. The highest BCUT2D eigenvalue weighted by Crippen LogP contribution is 2.33. The van der Waals surface area contributed by atoms with E-state index < -0.39 is 5.91 Å². The van der Waals surface area contributed by atoms with E-state index in [0.29, 0.717) is 17.1 Å². The summed E-state index contributed by atoms with van der Waals surface area (Å²) < 4.78 is 4.99. The van der Waals surface area contributed by atoms with Gasteiger partial charge < -0.3 is 15.6 Å². The number of hydrogen-bond acceptors (Lipinski definition) is 5. The van der Waals surface area contributed by atoms with Gasteiger partial charge in [0.1, 0.15) is 0 Å². The molecule has 6 nitrogen and oxygen atoms in total. The van der Waals surface area contributed by atoms with Crippen LogP contribution in [0.25, 0.3) is 11.5 Å². The van der Waals surface area contributed by atoms with Crippen LogP contribution in [0.3, 0.4) is 0 Å². The maximum Gasteiger partial charge on any atom is 0.292 e. The number of benzene rings is 1. The van der Waals surface area contributed by atoms with E-state index in [0.717, 1.165) is 0 Å². The van der Waals surface area contributed by atoms with Crippen molar-refractivity contribution in [1.29, 1.82) is 0 Å². The first-order valence-corrected chi connectivity index (χ1v) is 6.15. The molecule has 0 fully saturated rings. The van der Waals surface area contributed by atoms with Gasteiger partial charge in [-0.1, -0.05) is 28.4 Å². The Morgan fingerprint density at radius 3 is 2.89 bits per heavy atom. The number of anilines is 1. The summed E-state index contributed by atoms with van der Waals surface area (Å²) in [6.07, 6.45) is 0. The van der Waals surface area contributed by atoms with E-state index >= 15 is 0 Å². The molecule has 0 aliphatic carbocycles. The Kier molecular flexibility index (Phi) is 3.92. The molecule has 3 N–H and O–H groups in total. The van der Waals surface area contributed by atoms with Crippen LogP contribution in [0.1, 0.15) is 17.5 Å². The summed E-state index contributed by atoms with van der Waals surface area (Å²) in [6, 6.07) is 3.04. The zero-order chi connectivity index (χ0) is 14.0. The van der Waals surface area contributed by atoms with Crippen LogP contribution in [0.15, 0.2) is 16.7 Å². The van der Waals surface area contributed by atoms with E-state index in [1.807, 2.05) is 0 Å². The predicted octanol–water partition coefficient (Wildman–Crippen LogP) is 2.38. The molecule has 1 aromatic carbocycles. The summed E-state index contributed by atoms with van der Waals surface area (Å²) in [5.41, 5.74) is 6.46. The number of amides is 1. The third-order valence-electron chi connectivity index (χ3n) is 2.29. The van der Waals surface area contributed by atoms with Crippen molar-refractivity contribution < 1.29 is 9.32 Å². The van der Waals surface area contributed by atoms with E-state index in [1.54, 1.807) is 6.92 Å². The highest BCUT2D eigenvalue weighted by atomic mass is 35.5. The first-order chi connectivity index (χ1) is 9.02. The molecule has 2 aromatic rings. The molecule has 0 saturated carbocycles. The lowest BCUT2D eigenvalue weighted by Crippen LogP contribution is -2.23. The molecule has 0 atom stereocenters. The number of nitrogens with zero attached hydrogens (tertiary/aromatic N) is 2. The van der Waals surface area contributed by atoms with Gasteiger partial charge in [-0.05, 0) is 19.1 Å². The fraction of sp³-hybridized carbons (Fsp3) is 0.182. The number of aromatic nitrogens is 2. The van der Waals surface area contributed by atoms with Gasteiger partial charge in [0.15, 0.2) is 0 Å². The second-order valence-corrected chi connectivity index (χ2v) is 4.48. The minimum Gasteiger partial charge on any atom is -0.397 e. The van der Waals surface area contributed by atoms with Crippen LogP contribution in [0.2, 0.25) is 10.0 Å². The van der Waals surface area contributed by atoms with Crippen LogP contribution >= 0.6 is 23.2 Å². The number of nitrogens with two attached hydrogens (primary N) is 1. The summed E-state index contributed by atoms with van der Waals surface area (Å²) in [5.74, 6) is -0.417. The molecule has 0 bridgehead atoms. The average Bonchev–Trinajstić information content (AvgIpc) is 2.83. The van der Waals surface area contributed by atoms with Gasteiger partial charge in [-0.15, -0.1) is 0 Å². The SMILES string of the molecule is CCNC(=O)c1noc(-c2cc(Cl)cc(Cl)c2N)n1. The van der Waals surface area contributed by atoms with Gasteiger partial charge in [0.2, 0.25) is 0 Å². The zero-order valence-corrected chi connectivity index (χ0v) is 11.4. The molecule has 0 radical (unpaired) electrons. The number of carbonyl (C=O) groups excluding carboxylic acids is 1. The van der Waals surface area contributed by atoms with Crippen LogP contribution in [0, 0.1) is 0 Å². The molecule has 2 rings (SSSR count). The van der Waals surface area contributed by atoms with Gasteiger partial charge in [0.05, 0.1) is 16.3 Å². The van der Waals surface area contributed by atoms with Crippen molar-refractivity contribution in [2.75, 3.05) is 12.3 Å². The van der Waals surface area contributed by atoms with Crippen molar-refractivity contribution in [1.82, 2.24) is 15.5 Å². The van der Waals surface area contributed by atoms with Crippen LogP contribution in [0.4, 0.5) is 5.69 Å². The summed E-state index contributed by atoms with van der Waals surface area (Å²) in [7, 11) is 0. The van der Waals surface area contributed by atoms with Crippen LogP contribution < -0.4 is 11.1 Å². The van der Waals surface area contributed by atoms with E-state index in [4.69, 9.17) is 33.5 Å². The lowest BCUT2D eigenvalue weighted by atomic mass is 10.2. The first-order valence-electron chi connectivity index (χ1n) is 5.39. The lowest BCUT2D eigenvalue weighted by molar-refractivity contribution is 0.0942. The first kappa shape index (κ1) is 13.6. The molecule has 1 heterocycles. The molecule has 0 saturated heterocycles. The van der Waals surface area contributed by atoms with Crippen LogP contribution in [0.5, 0.6) is 0 Å². The molecular weight excluding hydrogens is 291 g/mol. The fourth-order valence-electron chi connectivity index (χ4n) is 1.43. The Morgan fingerprint density at radius 2 is 2.21 bits per heavy atom. The number of rotatable bonds is 3. The Bertz CT molecular complexity index is 627. The van der Waals surface area contributed by atoms with Gasteiger partial charge in [-0.2, -0.15) is 4.98 Å². The number of hydrogen-bond donors (Lipinski definition) is 2. The number of halogens is 2. The zero-order valence-electron chi connectivity index (χ0n) is 9.91. The Morgan fingerprint density at radius 1 is 1.47 bits per heavy atom. The van der Waals surface area contributed by atoms with Crippen molar-refractivity contribution >= 4 is 34.8 Å². The van der Waals surface area contributed by atoms with Crippen molar-refractivity contribution in [2.45, 2.75) is 6.92 Å². The van der Waals surface area contributed by atoms with E-state index in [2.05, 4.69) is 15.5 Å². The quantitative estimate of drug-likeness (QED) is 0.849. The summed E-state index contributed by atoms with van der Waals surface area (Å²) in [5, 5.41) is 6.79. The van der Waals surface area contributed by atoms with Gasteiger partial charge in [0, 0.05) is 11.6 Å². The second kappa shape index (κ2) is 5.46. The predicted molar refractivity (Wildman–Crippen MR) is 72.2 cm³/mol. The Balaban J connectivity index is 2.41. The van der Waals surface area contributed by atoms with Gasteiger partial charge in [-0.3, -0.25) is 4.79 Å². The van der Waals surface area contributed by atoms with Gasteiger partial charge in [0.25, 0.3) is 17.6 Å². The monoisotopic (exact) mass is 300 g/mol. The van der Waals surface area contributed by atoms with Crippen molar-refractivity contribution in [3.63, 3.8) is 0 Å². The molecule has 1 aromatic heterocycles. The Labute approximate surface area is 118 Å². The summed E-state index contributed by atoms with van der Waals surface area (Å²) in [6.45, 7) is 2.25. The normalized spacial score (nSPS) is 10.5. The molecule has 19 heavy (non-hydrogen) atoms. The van der Waals surface area contributed by atoms with Crippen LogP contribution in [-0.4, -0.2) is 22.6 Å². The fourth-order valence-corrected chi connectivity index (χ4v) is 1.92. The van der Waals surface area contributed by atoms with Gasteiger partial charge in [-0.25, -0.2) is 0 Å². The number of carbonyl (C=O) groups is 1. The van der Waals surface area contributed by atoms with Crippen molar-refractivity contribution in [3.05, 3.63) is 28.0 Å². The number of nitrogen functional groups attached to an aromatic ring is 1. The topological polar surface area (TPSA) is 94.0 Å². The molecule has 0 unspecified atom stereocenters. The van der Waals surface area contributed by atoms with Crippen molar-refractivity contribution in [3.8, 4) is 11.5 Å². The largest absolute Gasteiger partial charge is 0.397 e. The minimum absolute atomic E-state index is 0.0765. The second-order valence-electron chi connectivity index (χ2n) is 3.63. The summed E-state index contributed by atoms with van der Waals surface area (Å²) in [4.78, 5) is 15.5. The molecule has 100 valence electrons. The smallest absolute Gasteiger partial charge is 0.292 e. The van der Waals surface area contributed by atoms with E-state index in [9.17, 15) is 4.79 Å². The summed E-state index contributed by atoms with van der Waals surface area (Å²) >= 11 is 11.8. The molecule has 0 aliphatic heterocycles. The third-order valence-corrected chi connectivity index (χ3v) is 2.82. The molecule has 0 spiro atoms. The molecule has 8 heteroatoms. The average molecular weight is 301 g/mol.